The number of carbonyl (C=O) groups is 1. The van der Waals surface area contributed by atoms with E-state index >= 15 is 0 Å². The minimum atomic E-state index is -0.853. The largest absolute Gasteiger partial charge is 0.481 e. The maximum atomic E-state index is 10.7. The van der Waals surface area contributed by atoms with Gasteiger partial charge in [-0.2, -0.15) is 0 Å². The number of nitrogens with zero attached hydrogens (tertiary/aromatic N) is 6. The molecule has 1 fully saturated rings. The van der Waals surface area contributed by atoms with Crippen LogP contribution in [0.5, 0.6) is 0 Å². The highest BCUT2D eigenvalue weighted by atomic mass is 32.2. The summed E-state index contributed by atoms with van der Waals surface area (Å²) in [5.74, 6) is 0.566. The molecule has 1 saturated carbocycles. The smallest absolute Gasteiger partial charge is 0.313 e. The number of carboxylic acids is 1. The van der Waals surface area contributed by atoms with Crippen LogP contribution in [0, 0.1) is 0 Å². The van der Waals surface area contributed by atoms with Crippen LogP contribution < -0.4 is 0 Å². The summed E-state index contributed by atoms with van der Waals surface area (Å²) in [5, 5.41) is 25.4. The standard InChI is InChI=1S/C11H14N6O2S/c18-9(19)7-20-11-14-13-10(8-1-2-8)17(11)6-5-16-4-3-12-15-16/h3-4,8H,1-2,5-7H2,(H,18,19). The van der Waals surface area contributed by atoms with Crippen molar-refractivity contribution in [3.63, 3.8) is 0 Å². The van der Waals surface area contributed by atoms with Crippen molar-refractivity contribution in [3.8, 4) is 0 Å². The summed E-state index contributed by atoms with van der Waals surface area (Å²) in [6, 6.07) is 0. The van der Waals surface area contributed by atoms with Crippen molar-refractivity contribution in [3.05, 3.63) is 18.2 Å². The number of hydrogen-bond donors (Lipinski definition) is 1. The lowest BCUT2D eigenvalue weighted by atomic mass is 10.4. The first-order valence-electron chi connectivity index (χ1n) is 6.36. The van der Waals surface area contributed by atoms with Gasteiger partial charge in [-0.05, 0) is 12.8 Å². The highest BCUT2D eigenvalue weighted by Gasteiger charge is 2.30. The molecule has 0 atom stereocenters. The summed E-state index contributed by atoms with van der Waals surface area (Å²) >= 11 is 1.20. The van der Waals surface area contributed by atoms with Crippen LogP contribution >= 0.6 is 11.8 Å². The molecule has 20 heavy (non-hydrogen) atoms. The molecule has 1 N–H and O–H groups in total. The van der Waals surface area contributed by atoms with E-state index in [-0.39, 0.29) is 5.75 Å². The lowest BCUT2D eigenvalue weighted by molar-refractivity contribution is -0.133. The molecule has 2 heterocycles. The fraction of sp³-hybridized carbons (Fsp3) is 0.545. The zero-order valence-corrected chi connectivity index (χ0v) is 11.5. The first-order chi connectivity index (χ1) is 9.74. The van der Waals surface area contributed by atoms with Crippen LogP contribution in [0.15, 0.2) is 17.6 Å². The van der Waals surface area contributed by atoms with Gasteiger partial charge in [-0.25, -0.2) is 0 Å². The molecule has 1 aliphatic carbocycles. The predicted octanol–water partition coefficient (Wildman–Crippen LogP) is 0.624. The summed E-state index contributed by atoms with van der Waals surface area (Å²) in [5.41, 5.74) is 0. The van der Waals surface area contributed by atoms with Gasteiger partial charge in [0.2, 0.25) is 0 Å². The molecule has 0 saturated heterocycles. The Kier molecular flexibility index (Phi) is 3.68. The van der Waals surface area contributed by atoms with Gasteiger partial charge in [0.05, 0.1) is 18.5 Å². The molecule has 8 nitrogen and oxygen atoms in total. The molecule has 9 heteroatoms. The Morgan fingerprint density at radius 1 is 1.40 bits per heavy atom. The molecule has 0 amide bonds. The van der Waals surface area contributed by atoms with Crippen molar-refractivity contribution < 1.29 is 9.90 Å². The molecule has 0 unspecified atom stereocenters. The molecule has 0 aromatic carbocycles. The molecule has 2 aromatic heterocycles. The van der Waals surface area contributed by atoms with Crippen LogP contribution in [0.2, 0.25) is 0 Å². The molecule has 3 rings (SSSR count). The van der Waals surface area contributed by atoms with Gasteiger partial charge in [-0.15, -0.1) is 15.3 Å². The number of hydrogen-bond acceptors (Lipinski definition) is 6. The Morgan fingerprint density at radius 2 is 2.25 bits per heavy atom. The third-order valence-corrected chi connectivity index (χ3v) is 3.99. The predicted molar refractivity (Wildman–Crippen MR) is 70.4 cm³/mol. The maximum Gasteiger partial charge on any atom is 0.313 e. The van der Waals surface area contributed by atoms with E-state index in [9.17, 15) is 4.79 Å². The van der Waals surface area contributed by atoms with Gasteiger partial charge in [0, 0.05) is 18.7 Å². The van der Waals surface area contributed by atoms with Crippen molar-refractivity contribution in [2.24, 2.45) is 0 Å². The summed E-state index contributed by atoms with van der Waals surface area (Å²) in [6.07, 6.45) is 5.69. The third-order valence-electron chi connectivity index (χ3n) is 3.04. The zero-order chi connectivity index (χ0) is 13.9. The van der Waals surface area contributed by atoms with Crippen LogP contribution in [-0.4, -0.2) is 46.6 Å². The fourth-order valence-corrected chi connectivity index (χ4v) is 2.63. The Hall–Kier alpha value is -1.90. The number of rotatable bonds is 7. The number of thioether (sulfide) groups is 1. The SMILES string of the molecule is O=C(O)CSc1nnc(C2CC2)n1CCn1ccnn1. The number of carboxylic acid groups (broad SMARTS) is 1. The molecule has 0 radical (unpaired) electrons. The number of aryl methyl sites for hydroxylation is 1. The van der Waals surface area contributed by atoms with E-state index in [4.69, 9.17) is 5.11 Å². The molecule has 0 spiro atoms. The molecule has 106 valence electrons. The van der Waals surface area contributed by atoms with Crippen molar-refractivity contribution in [2.75, 3.05) is 5.75 Å². The van der Waals surface area contributed by atoms with E-state index in [0.29, 0.717) is 24.2 Å². The van der Waals surface area contributed by atoms with E-state index < -0.39 is 5.97 Å². The normalized spacial score (nSPS) is 14.6. The van der Waals surface area contributed by atoms with E-state index in [1.165, 1.54) is 11.8 Å². The van der Waals surface area contributed by atoms with Crippen LogP contribution in [0.3, 0.4) is 0 Å². The first kappa shape index (κ1) is 13.1. The molecular formula is C11H14N6O2S. The van der Waals surface area contributed by atoms with Gasteiger partial charge in [0.15, 0.2) is 5.16 Å². The molecule has 1 aliphatic rings. The second-order valence-electron chi connectivity index (χ2n) is 4.62. The zero-order valence-electron chi connectivity index (χ0n) is 10.7. The molecule has 0 bridgehead atoms. The molecular weight excluding hydrogens is 280 g/mol. The van der Waals surface area contributed by atoms with Crippen LogP contribution in [0.1, 0.15) is 24.6 Å². The lowest BCUT2D eigenvalue weighted by Gasteiger charge is -2.08. The van der Waals surface area contributed by atoms with E-state index in [1.54, 1.807) is 17.1 Å². The van der Waals surface area contributed by atoms with Gasteiger partial charge in [-0.1, -0.05) is 17.0 Å². The third kappa shape index (κ3) is 2.98. The van der Waals surface area contributed by atoms with Crippen LogP contribution in [0.4, 0.5) is 0 Å². The first-order valence-corrected chi connectivity index (χ1v) is 7.34. The summed E-state index contributed by atoms with van der Waals surface area (Å²) in [7, 11) is 0. The van der Waals surface area contributed by atoms with E-state index in [2.05, 4.69) is 20.5 Å². The second kappa shape index (κ2) is 5.61. The number of aliphatic carboxylic acids is 1. The highest BCUT2D eigenvalue weighted by Crippen LogP contribution is 2.40. The average molecular weight is 294 g/mol. The van der Waals surface area contributed by atoms with Gasteiger partial charge in [0.25, 0.3) is 0 Å². The Labute approximate surface area is 119 Å². The summed E-state index contributed by atoms with van der Waals surface area (Å²) in [6.45, 7) is 1.34. The number of aromatic nitrogens is 6. The van der Waals surface area contributed by atoms with Crippen molar-refractivity contribution in [2.45, 2.75) is 37.0 Å². The van der Waals surface area contributed by atoms with Crippen LogP contribution in [0.25, 0.3) is 0 Å². The Bertz CT molecular complexity index is 592. The maximum absolute atomic E-state index is 10.7. The van der Waals surface area contributed by atoms with E-state index in [1.807, 2.05) is 4.57 Å². The molecule has 0 aliphatic heterocycles. The quantitative estimate of drug-likeness (QED) is 0.747. The van der Waals surface area contributed by atoms with Gasteiger partial charge in [-0.3, -0.25) is 9.48 Å². The topological polar surface area (TPSA) is 98.7 Å². The minimum Gasteiger partial charge on any atom is -0.481 e. The lowest BCUT2D eigenvalue weighted by Crippen LogP contribution is -2.12. The van der Waals surface area contributed by atoms with Gasteiger partial charge < -0.3 is 9.67 Å². The summed E-state index contributed by atoms with van der Waals surface area (Å²) in [4.78, 5) is 10.7. The van der Waals surface area contributed by atoms with Crippen molar-refractivity contribution in [1.29, 1.82) is 0 Å². The monoisotopic (exact) mass is 294 g/mol. The fourth-order valence-electron chi connectivity index (χ4n) is 1.94. The van der Waals surface area contributed by atoms with Gasteiger partial charge in [0.1, 0.15) is 5.82 Å². The Morgan fingerprint density at radius 3 is 2.90 bits per heavy atom. The highest BCUT2D eigenvalue weighted by molar-refractivity contribution is 7.99. The van der Waals surface area contributed by atoms with Gasteiger partial charge >= 0.3 is 5.97 Å². The van der Waals surface area contributed by atoms with Crippen molar-refractivity contribution in [1.82, 2.24) is 29.8 Å². The van der Waals surface area contributed by atoms with Crippen LogP contribution in [-0.2, 0) is 17.9 Å². The summed E-state index contributed by atoms with van der Waals surface area (Å²) < 4.78 is 3.75. The average Bonchev–Trinajstić information content (AvgIpc) is 2.99. The van der Waals surface area contributed by atoms with E-state index in [0.717, 1.165) is 18.7 Å². The Balaban J connectivity index is 1.74. The molecule has 2 aromatic rings. The van der Waals surface area contributed by atoms with Crippen molar-refractivity contribution >= 4 is 17.7 Å². The second-order valence-corrected chi connectivity index (χ2v) is 5.56. The minimum absolute atomic E-state index is 0.00781.